The van der Waals surface area contributed by atoms with E-state index in [2.05, 4.69) is 35.6 Å². The zero-order chi connectivity index (χ0) is 22.7. The summed E-state index contributed by atoms with van der Waals surface area (Å²) in [7, 11) is 0. The number of carbonyl (C=O) groups is 1. The van der Waals surface area contributed by atoms with Gasteiger partial charge in [0.15, 0.2) is 5.82 Å². The van der Waals surface area contributed by atoms with Gasteiger partial charge in [-0.2, -0.15) is 5.26 Å². The molecule has 2 aromatic heterocycles. The molecule has 5 heterocycles. The average Bonchev–Trinajstić information content (AvgIpc) is 3.07. The van der Waals surface area contributed by atoms with Gasteiger partial charge in [-0.1, -0.05) is 17.7 Å². The minimum absolute atomic E-state index is 0.00883. The van der Waals surface area contributed by atoms with Gasteiger partial charge in [-0.15, -0.1) is 10.2 Å². The number of nitrogens with zero attached hydrogens (tertiary/aromatic N) is 8. The largest absolute Gasteiger partial charge is 0.355 e. The first-order chi connectivity index (χ1) is 15.9. The Morgan fingerprint density at radius 3 is 2.64 bits per heavy atom. The topological polar surface area (TPSA) is 94.2 Å². The van der Waals surface area contributed by atoms with Crippen molar-refractivity contribution < 1.29 is 4.79 Å². The zero-order valence-corrected chi connectivity index (χ0v) is 18.8. The third kappa shape index (κ3) is 3.21. The molecule has 0 unspecified atom stereocenters. The third-order valence-electron chi connectivity index (χ3n) is 6.70. The highest BCUT2D eigenvalue weighted by atomic mass is 35.5. The van der Waals surface area contributed by atoms with Crippen LogP contribution >= 0.6 is 11.6 Å². The predicted molar refractivity (Wildman–Crippen MR) is 122 cm³/mol. The van der Waals surface area contributed by atoms with Gasteiger partial charge >= 0.3 is 0 Å². The van der Waals surface area contributed by atoms with Crippen LogP contribution in [0.2, 0.25) is 5.02 Å². The fraction of sp³-hybridized carbons (Fsp3) is 0.348. The molecule has 166 valence electrons. The van der Waals surface area contributed by atoms with E-state index in [1.54, 1.807) is 17.9 Å². The summed E-state index contributed by atoms with van der Waals surface area (Å²) in [6, 6.07) is 13.4. The van der Waals surface area contributed by atoms with Gasteiger partial charge in [0.1, 0.15) is 17.6 Å². The van der Waals surface area contributed by atoms with E-state index in [1.165, 1.54) is 0 Å². The molecule has 10 heteroatoms. The number of amides is 1. The van der Waals surface area contributed by atoms with Crippen molar-refractivity contribution >= 4 is 29.3 Å². The number of pyridine rings is 1. The highest BCUT2D eigenvalue weighted by molar-refractivity contribution is 6.30. The fourth-order valence-electron chi connectivity index (χ4n) is 5.11. The van der Waals surface area contributed by atoms with Crippen molar-refractivity contribution in [2.45, 2.75) is 20.0 Å². The zero-order valence-electron chi connectivity index (χ0n) is 18.1. The number of benzene rings is 1. The molecule has 1 aromatic carbocycles. The van der Waals surface area contributed by atoms with Crippen LogP contribution in [0.15, 0.2) is 36.4 Å². The first-order valence-corrected chi connectivity index (χ1v) is 11.2. The molecule has 1 spiro atoms. The number of fused-ring (bicyclic) bond motifs is 3. The van der Waals surface area contributed by atoms with E-state index < -0.39 is 0 Å². The Kier molecular flexibility index (Phi) is 4.35. The van der Waals surface area contributed by atoms with Crippen LogP contribution < -0.4 is 9.80 Å². The minimum atomic E-state index is -0.00883. The molecule has 0 bridgehead atoms. The van der Waals surface area contributed by atoms with E-state index in [0.717, 1.165) is 55.0 Å². The molecule has 2 saturated heterocycles. The lowest BCUT2D eigenvalue weighted by molar-refractivity contribution is -0.130. The van der Waals surface area contributed by atoms with E-state index in [9.17, 15) is 4.79 Å². The summed E-state index contributed by atoms with van der Waals surface area (Å²) in [5.74, 6) is 2.39. The second-order valence-electron chi connectivity index (χ2n) is 9.10. The van der Waals surface area contributed by atoms with Crippen molar-refractivity contribution in [2.24, 2.45) is 5.41 Å². The lowest BCUT2D eigenvalue weighted by Crippen LogP contribution is -2.73. The molecule has 3 aliphatic rings. The van der Waals surface area contributed by atoms with E-state index >= 15 is 0 Å². The van der Waals surface area contributed by atoms with Crippen LogP contribution in [-0.4, -0.2) is 56.7 Å². The Morgan fingerprint density at radius 2 is 1.88 bits per heavy atom. The third-order valence-corrected chi connectivity index (χ3v) is 6.93. The molecule has 3 aromatic rings. The van der Waals surface area contributed by atoms with Crippen LogP contribution in [0.3, 0.4) is 0 Å². The Bertz CT molecular complexity index is 1310. The number of aromatic nitrogens is 4. The highest BCUT2D eigenvalue weighted by Crippen LogP contribution is 2.44. The van der Waals surface area contributed by atoms with Crippen molar-refractivity contribution in [3.8, 4) is 11.8 Å². The second-order valence-corrected chi connectivity index (χ2v) is 9.54. The Labute approximate surface area is 195 Å². The summed E-state index contributed by atoms with van der Waals surface area (Å²) >= 11 is 6.26. The minimum Gasteiger partial charge on any atom is -0.355 e. The predicted octanol–water partition coefficient (Wildman–Crippen LogP) is 2.38. The Hall–Kier alpha value is -3.64. The standard InChI is InChI=1S/C23H21ClN8O/c1-15(33)29-9-16-7-17(24)5-6-19(16)32-21(10-29)27-28-22(32)31-13-23(14-31)11-30(12-23)20-4-2-3-18(8-25)26-20/h2-7H,9-14H2,1H3. The molecule has 9 nitrogen and oxygen atoms in total. The summed E-state index contributed by atoms with van der Waals surface area (Å²) in [6.45, 7) is 6.01. The Balaban J connectivity index is 1.24. The van der Waals surface area contributed by atoms with Crippen LogP contribution in [0.1, 0.15) is 24.0 Å². The molecule has 33 heavy (non-hydrogen) atoms. The number of nitriles is 1. The molecule has 0 aliphatic carbocycles. The van der Waals surface area contributed by atoms with Crippen LogP contribution in [0.4, 0.5) is 11.8 Å². The lowest BCUT2D eigenvalue weighted by Gasteiger charge is -2.60. The lowest BCUT2D eigenvalue weighted by atomic mass is 9.73. The van der Waals surface area contributed by atoms with Gasteiger partial charge in [0.2, 0.25) is 11.9 Å². The quantitative estimate of drug-likeness (QED) is 0.579. The van der Waals surface area contributed by atoms with Gasteiger partial charge in [-0.25, -0.2) is 4.98 Å². The number of carbonyl (C=O) groups excluding carboxylic acids is 1. The van der Waals surface area contributed by atoms with Crippen molar-refractivity contribution in [1.82, 2.24) is 24.6 Å². The van der Waals surface area contributed by atoms with Crippen molar-refractivity contribution in [3.63, 3.8) is 0 Å². The highest BCUT2D eigenvalue weighted by Gasteiger charge is 2.53. The maximum absolute atomic E-state index is 12.2. The van der Waals surface area contributed by atoms with Gasteiger partial charge in [0.05, 0.1) is 12.2 Å². The van der Waals surface area contributed by atoms with Crippen molar-refractivity contribution in [2.75, 3.05) is 36.0 Å². The molecule has 2 fully saturated rings. The van der Waals surface area contributed by atoms with Crippen LogP contribution in [0.25, 0.3) is 5.69 Å². The molecule has 1 amide bonds. The number of hydrogen-bond acceptors (Lipinski definition) is 7. The van der Waals surface area contributed by atoms with Crippen LogP contribution in [0, 0.1) is 16.7 Å². The van der Waals surface area contributed by atoms with Crippen LogP contribution in [-0.2, 0) is 17.9 Å². The number of anilines is 2. The first kappa shape index (κ1) is 20.0. The van der Waals surface area contributed by atoms with Gasteiger partial charge in [0, 0.05) is 50.1 Å². The summed E-state index contributed by atoms with van der Waals surface area (Å²) in [4.78, 5) is 22.8. The number of halogens is 1. The smallest absolute Gasteiger partial charge is 0.232 e. The molecule has 0 radical (unpaired) electrons. The van der Waals surface area contributed by atoms with Gasteiger partial charge in [0.25, 0.3) is 0 Å². The van der Waals surface area contributed by atoms with E-state index in [4.69, 9.17) is 16.9 Å². The SMILES string of the molecule is CC(=O)N1Cc2cc(Cl)ccc2-n2c(nnc2N2CC3(CN(c4cccc(C#N)n4)C3)C2)C1. The van der Waals surface area contributed by atoms with Crippen molar-refractivity contribution in [3.05, 3.63) is 58.5 Å². The molecular formula is C23H21ClN8O. The van der Waals surface area contributed by atoms with E-state index in [0.29, 0.717) is 23.8 Å². The fourth-order valence-corrected chi connectivity index (χ4v) is 5.30. The molecule has 3 aliphatic heterocycles. The maximum Gasteiger partial charge on any atom is 0.232 e. The van der Waals surface area contributed by atoms with Gasteiger partial charge < -0.3 is 14.7 Å². The first-order valence-electron chi connectivity index (χ1n) is 10.8. The van der Waals surface area contributed by atoms with Gasteiger partial charge in [-0.05, 0) is 35.9 Å². The molecular weight excluding hydrogens is 440 g/mol. The summed E-state index contributed by atoms with van der Waals surface area (Å²) in [5.41, 5.74) is 2.57. The maximum atomic E-state index is 12.2. The molecule has 0 atom stereocenters. The monoisotopic (exact) mass is 460 g/mol. The van der Waals surface area contributed by atoms with E-state index in [-0.39, 0.29) is 11.3 Å². The molecule has 6 rings (SSSR count). The van der Waals surface area contributed by atoms with Crippen molar-refractivity contribution in [1.29, 1.82) is 5.26 Å². The van der Waals surface area contributed by atoms with Crippen LogP contribution in [0.5, 0.6) is 0 Å². The summed E-state index contributed by atoms with van der Waals surface area (Å²) in [5, 5.41) is 18.7. The van der Waals surface area contributed by atoms with Gasteiger partial charge in [-0.3, -0.25) is 9.36 Å². The average molecular weight is 461 g/mol. The summed E-state index contributed by atoms with van der Waals surface area (Å²) < 4.78 is 2.07. The number of rotatable bonds is 2. The Morgan fingerprint density at radius 1 is 1.09 bits per heavy atom. The molecule has 0 saturated carbocycles. The number of hydrogen-bond donors (Lipinski definition) is 0. The summed E-state index contributed by atoms with van der Waals surface area (Å²) in [6.07, 6.45) is 0. The molecule has 0 N–H and O–H groups in total. The van der Waals surface area contributed by atoms with E-state index in [1.807, 2.05) is 30.3 Å². The normalized spacial score (nSPS) is 18.0. The second kappa shape index (κ2) is 7.18.